The number of piperidine rings is 1. The van der Waals surface area contributed by atoms with E-state index in [9.17, 15) is 0 Å². The average Bonchev–Trinajstić information content (AvgIpc) is 2.96. The summed E-state index contributed by atoms with van der Waals surface area (Å²) < 4.78 is 6.42. The Morgan fingerprint density at radius 2 is 2.00 bits per heavy atom. The zero-order valence-electron chi connectivity index (χ0n) is 11.5. The molecule has 2 saturated heterocycles. The van der Waals surface area contributed by atoms with E-state index in [2.05, 4.69) is 27.8 Å². The summed E-state index contributed by atoms with van der Waals surface area (Å²) in [6.07, 6.45) is 9.86. The maximum Gasteiger partial charge on any atom is 0.0710 e. The molecule has 3 heteroatoms. The van der Waals surface area contributed by atoms with Crippen LogP contribution in [0.1, 0.15) is 51.9 Å². The quantitative estimate of drug-likeness (QED) is 0.722. The van der Waals surface area contributed by atoms with Crippen LogP contribution >= 0.6 is 15.9 Å². The molecule has 104 valence electrons. The third-order valence-electron chi connectivity index (χ3n) is 5.27. The van der Waals surface area contributed by atoms with Crippen molar-refractivity contribution in [3.63, 3.8) is 0 Å². The number of nitrogens with zero attached hydrogens (tertiary/aromatic N) is 1. The molecular formula is C15H26BrNO. The lowest BCUT2D eigenvalue weighted by Gasteiger charge is -2.36. The van der Waals surface area contributed by atoms with Gasteiger partial charge in [0.05, 0.1) is 11.7 Å². The summed E-state index contributed by atoms with van der Waals surface area (Å²) >= 11 is 3.82. The van der Waals surface area contributed by atoms with Gasteiger partial charge in [0.1, 0.15) is 0 Å². The summed E-state index contributed by atoms with van der Waals surface area (Å²) in [5, 5.41) is 0. The third kappa shape index (κ3) is 2.78. The predicted molar refractivity (Wildman–Crippen MR) is 78.2 cm³/mol. The highest BCUT2D eigenvalue weighted by molar-refractivity contribution is 9.09. The lowest BCUT2D eigenvalue weighted by atomic mass is 9.97. The van der Waals surface area contributed by atoms with E-state index in [4.69, 9.17) is 4.74 Å². The van der Waals surface area contributed by atoms with E-state index in [0.717, 1.165) is 12.5 Å². The smallest absolute Gasteiger partial charge is 0.0710 e. The van der Waals surface area contributed by atoms with Gasteiger partial charge in [0.2, 0.25) is 0 Å². The second-order valence-electron chi connectivity index (χ2n) is 6.71. The van der Waals surface area contributed by atoms with Crippen molar-refractivity contribution in [3.05, 3.63) is 0 Å². The third-order valence-corrected chi connectivity index (χ3v) is 6.46. The molecule has 3 fully saturated rings. The van der Waals surface area contributed by atoms with Crippen molar-refractivity contribution in [2.24, 2.45) is 5.92 Å². The normalized spacial score (nSPS) is 40.7. The Labute approximate surface area is 120 Å². The van der Waals surface area contributed by atoms with Gasteiger partial charge in [-0.05, 0) is 44.6 Å². The van der Waals surface area contributed by atoms with Crippen molar-refractivity contribution < 1.29 is 4.74 Å². The van der Waals surface area contributed by atoms with Crippen LogP contribution in [0, 0.1) is 5.92 Å². The van der Waals surface area contributed by atoms with E-state index in [1.807, 2.05) is 0 Å². The van der Waals surface area contributed by atoms with Gasteiger partial charge in [0, 0.05) is 17.9 Å². The van der Waals surface area contributed by atoms with Crippen LogP contribution < -0.4 is 0 Å². The minimum absolute atomic E-state index is 0.307. The van der Waals surface area contributed by atoms with Gasteiger partial charge < -0.3 is 4.74 Å². The fourth-order valence-corrected chi connectivity index (χ4v) is 4.62. The van der Waals surface area contributed by atoms with Gasteiger partial charge in [-0.15, -0.1) is 0 Å². The number of halogens is 1. The maximum atomic E-state index is 6.42. The van der Waals surface area contributed by atoms with Crippen LogP contribution in [0.5, 0.6) is 0 Å². The van der Waals surface area contributed by atoms with E-state index in [-0.39, 0.29) is 0 Å². The lowest BCUT2D eigenvalue weighted by Crippen LogP contribution is -2.44. The Balaban J connectivity index is 1.49. The van der Waals surface area contributed by atoms with Crippen molar-refractivity contribution >= 4 is 15.9 Å². The molecule has 2 heterocycles. The molecule has 0 radical (unpaired) electrons. The summed E-state index contributed by atoms with van der Waals surface area (Å²) in [5.41, 5.74) is 0.307. The Morgan fingerprint density at radius 1 is 1.22 bits per heavy atom. The highest BCUT2D eigenvalue weighted by atomic mass is 79.9. The molecule has 0 N–H and O–H groups in total. The highest BCUT2D eigenvalue weighted by Crippen LogP contribution is 2.43. The van der Waals surface area contributed by atoms with Crippen LogP contribution in [0.15, 0.2) is 0 Å². The molecule has 3 aliphatic rings. The molecular weight excluding hydrogens is 290 g/mol. The molecule has 3 atom stereocenters. The minimum Gasteiger partial charge on any atom is -0.370 e. The average molecular weight is 316 g/mol. The molecule has 3 unspecified atom stereocenters. The van der Waals surface area contributed by atoms with Crippen LogP contribution in [0.25, 0.3) is 0 Å². The van der Waals surface area contributed by atoms with Crippen LogP contribution in [0.2, 0.25) is 0 Å². The maximum absolute atomic E-state index is 6.42. The second-order valence-corrected chi connectivity index (χ2v) is 7.89. The number of alkyl halides is 1. The molecule has 0 aromatic carbocycles. The fraction of sp³-hybridized carbons (Fsp3) is 1.00. The first-order valence-corrected chi connectivity index (χ1v) is 8.63. The van der Waals surface area contributed by atoms with Gasteiger partial charge in [-0.3, -0.25) is 4.90 Å². The van der Waals surface area contributed by atoms with Gasteiger partial charge in [0.25, 0.3) is 0 Å². The molecule has 1 aliphatic carbocycles. The van der Waals surface area contributed by atoms with Crippen LogP contribution in [-0.2, 0) is 4.74 Å². The molecule has 3 rings (SSSR count). The van der Waals surface area contributed by atoms with Crippen LogP contribution in [-0.4, -0.2) is 41.1 Å². The van der Waals surface area contributed by atoms with Crippen molar-refractivity contribution in [2.45, 2.75) is 68.4 Å². The van der Waals surface area contributed by atoms with E-state index in [1.54, 1.807) is 0 Å². The first-order chi connectivity index (χ1) is 8.67. The van der Waals surface area contributed by atoms with Gasteiger partial charge in [-0.25, -0.2) is 0 Å². The summed E-state index contributed by atoms with van der Waals surface area (Å²) in [4.78, 5) is 3.28. The molecule has 0 aromatic heterocycles. The highest BCUT2D eigenvalue weighted by Gasteiger charge is 2.42. The zero-order valence-corrected chi connectivity index (χ0v) is 13.1. The number of rotatable bonds is 2. The molecule has 2 aliphatic heterocycles. The summed E-state index contributed by atoms with van der Waals surface area (Å²) in [5.74, 6) is 0.826. The zero-order chi connectivity index (χ0) is 12.6. The first kappa shape index (κ1) is 13.4. The summed E-state index contributed by atoms with van der Waals surface area (Å²) in [6.45, 7) is 5.98. The standard InChI is InChI=1S/C15H26BrNO/c1-12-5-9-17(11-14(12)16)10-13-4-8-15(18-13)6-2-3-7-15/h12-14H,2-11H2,1H3. The fourth-order valence-electron chi connectivity index (χ4n) is 3.95. The summed E-state index contributed by atoms with van der Waals surface area (Å²) in [6, 6.07) is 0. The van der Waals surface area contributed by atoms with Crippen molar-refractivity contribution in [1.29, 1.82) is 0 Å². The first-order valence-electron chi connectivity index (χ1n) is 7.71. The van der Waals surface area contributed by atoms with Crippen LogP contribution in [0.4, 0.5) is 0 Å². The second kappa shape index (κ2) is 5.41. The number of hydrogen-bond donors (Lipinski definition) is 0. The summed E-state index contributed by atoms with van der Waals surface area (Å²) in [7, 11) is 0. The number of ether oxygens (including phenoxy) is 1. The number of hydrogen-bond acceptors (Lipinski definition) is 2. The molecule has 2 nitrogen and oxygen atoms in total. The van der Waals surface area contributed by atoms with Crippen molar-refractivity contribution in [3.8, 4) is 0 Å². The molecule has 0 aromatic rings. The topological polar surface area (TPSA) is 12.5 Å². The Bertz CT molecular complexity index is 290. The lowest BCUT2D eigenvalue weighted by molar-refractivity contribution is -0.0492. The van der Waals surface area contributed by atoms with Crippen LogP contribution in [0.3, 0.4) is 0 Å². The van der Waals surface area contributed by atoms with Crippen molar-refractivity contribution in [2.75, 3.05) is 19.6 Å². The number of likely N-dealkylation sites (tertiary alicyclic amines) is 1. The SMILES string of the molecule is CC1CCN(CC2CCC3(CCCC3)O2)CC1Br. The van der Waals surface area contributed by atoms with Gasteiger partial charge in [-0.2, -0.15) is 0 Å². The van der Waals surface area contributed by atoms with E-state index in [1.165, 1.54) is 58.0 Å². The van der Waals surface area contributed by atoms with Gasteiger partial charge in [0.15, 0.2) is 0 Å². The van der Waals surface area contributed by atoms with Crippen molar-refractivity contribution in [1.82, 2.24) is 4.90 Å². The van der Waals surface area contributed by atoms with E-state index in [0.29, 0.717) is 16.5 Å². The largest absolute Gasteiger partial charge is 0.370 e. The Hall–Kier alpha value is 0.400. The monoisotopic (exact) mass is 315 g/mol. The molecule has 1 spiro atoms. The van der Waals surface area contributed by atoms with E-state index < -0.39 is 0 Å². The Kier molecular flexibility index (Phi) is 4.03. The van der Waals surface area contributed by atoms with E-state index >= 15 is 0 Å². The van der Waals surface area contributed by atoms with Gasteiger partial charge >= 0.3 is 0 Å². The minimum atomic E-state index is 0.307. The molecule has 18 heavy (non-hydrogen) atoms. The Morgan fingerprint density at radius 3 is 2.72 bits per heavy atom. The molecule has 1 saturated carbocycles. The molecule has 0 amide bonds. The predicted octanol–water partition coefficient (Wildman–Crippen LogP) is 3.58. The molecule has 0 bridgehead atoms. The van der Waals surface area contributed by atoms with Gasteiger partial charge in [-0.1, -0.05) is 35.7 Å².